The van der Waals surface area contributed by atoms with Gasteiger partial charge in [0.15, 0.2) is 0 Å². The van der Waals surface area contributed by atoms with Crippen molar-refractivity contribution in [1.82, 2.24) is 5.32 Å². The molecule has 0 heterocycles. The largest absolute Gasteiger partial charge is 0.354 e. The molecule has 126 valence electrons. The van der Waals surface area contributed by atoms with E-state index in [1.54, 1.807) is 6.92 Å². The standard InChI is InChI=1S/C18H25ClN2O2/c1-12-6-7-15(10-13(12)2)21-17(23)18(8-4-5-9-18)11-20-16(22)14(3)19/h6-7,10,14H,4-5,8-9,11H2,1-3H3,(H,20,22)(H,21,23). The van der Waals surface area contributed by atoms with Crippen LogP contribution in [0.3, 0.4) is 0 Å². The van der Waals surface area contributed by atoms with Crippen molar-refractivity contribution in [3.8, 4) is 0 Å². The second-order valence-electron chi connectivity index (χ2n) is 6.57. The highest BCUT2D eigenvalue weighted by Gasteiger charge is 2.41. The summed E-state index contributed by atoms with van der Waals surface area (Å²) in [5.74, 6) is -0.238. The Morgan fingerprint density at radius 2 is 1.87 bits per heavy atom. The summed E-state index contributed by atoms with van der Waals surface area (Å²) in [7, 11) is 0. The van der Waals surface area contributed by atoms with Gasteiger partial charge < -0.3 is 10.6 Å². The second-order valence-corrected chi connectivity index (χ2v) is 7.23. The van der Waals surface area contributed by atoms with E-state index in [0.29, 0.717) is 6.54 Å². The molecule has 0 saturated heterocycles. The third-order valence-electron chi connectivity index (χ3n) is 4.77. The van der Waals surface area contributed by atoms with E-state index in [4.69, 9.17) is 11.6 Å². The number of benzene rings is 1. The van der Waals surface area contributed by atoms with Crippen molar-refractivity contribution in [1.29, 1.82) is 0 Å². The summed E-state index contributed by atoms with van der Waals surface area (Å²) in [5, 5.41) is 5.26. The van der Waals surface area contributed by atoms with E-state index in [2.05, 4.69) is 10.6 Å². The lowest BCUT2D eigenvalue weighted by atomic mass is 9.84. The van der Waals surface area contributed by atoms with Crippen LogP contribution in [0.5, 0.6) is 0 Å². The van der Waals surface area contributed by atoms with Gasteiger partial charge in [0.25, 0.3) is 0 Å². The number of hydrogen-bond donors (Lipinski definition) is 2. The fourth-order valence-electron chi connectivity index (χ4n) is 3.02. The highest BCUT2D eigenvalue weighted by Crippen LogP contribution is 2.38. The molecule has 5 heteroatoms. The predicted octanol–water partition coefficient (Wildman–Crippen LogP) is 3.55. The van der Waals surface area contributed by atoms with Crippen LogP contribution >= 0.6 is 11.6 Å². The number of nitrogens with one attached hydrogen (secondary N) is 2. The van der Waals surface area contributed by atoms with Crippen LogP contribution in [0, 0.1) is 19.3 Å². The lowest BCUT2D eigenvalue weighted by Crippen LogP contribution is -2.45. The number of carbonyl (C=O) groups is 2. The van der Waals surface area contributed by atoms with Crippen LogP contribution in [0.1, 0.15) is 43.7 Å². The molecule has 0 spiro atoms. The maximum absolute atomic E-state index is 12.8. The second kappa shape index (κ2) is 7.35. The Bertz CT molecular complexity index is 593. The molecule has 0 bridgehead atoms. The highest BCUT2D eigenvalue weighted by molar-refractivity contribution is 6.30. The van der Waals surface area contributed by atoms with Gasteiger partial charge in [0.05, 0.1) is 5.41 Å². The van der Waals surface area contributed by atoms with Crippen molar-refractivity contribution in [3.63, 3.8) is 0 Å². The lowest BCUT2D eigenvalue weighted by Gasteiger charge is -2.28. The first-order valence-electron chi connectivity index (χ1n) is 8.14. The molecule has 0 aromatic heterocycles. The summed E-state index contributed by atoms with van der Waals surface area (Å²) in [5.41, 5.74) is 2.62. The van der Waals surface area contributed by atoms with Gasteiger partial charge in [0.2, 0.25) is 11.8 Å². The summed E-state index contributed by atoms with van der Waals surface area (Å²) in [6, 6.07) is 5.90. The van der Waals surface area contributed by atoms with Crippen LogP contribution in [-0.2, 0) is 9.59 Å². The number of alkyl halides is 1. The van der Waals surface area contributed by atoms with Gasteiger partial charge in [-0.05, 0) is 56.9 Å². The first-order valence-corrected chi connectivity index (χ1v) is 8.58. The van der Waals surface area contributed by atoms with Gasteiger partial charge >= 0.3 is 0 Å². The molecular formula is C18H25ClN2O2. The normalized spacial score (nSPS) is 17.6. The number of anilines is 1. The number of halogens is 1. The summed E-state index contributed by atoms with van der Waals surface area (Å²) >= 11 is 5.79. The van der Waals surface area contributed by atoms with Gasteiger partial charge in [-0.2, -0.15) is 0 Å². The molecule has 1 aliphatic carbocycles. The molecule has 23 heavy (non-hydrogen) atoms. The van der Waals surface area contributed by atoms with Crippen LogP contribution in [0.2, 0.25) is 0 Å². The minimum absolute atomic E-state index is 0.0132. The molecule has 2 rings (SSSR count). The van der Waals surface area contributed by atoms with E-state index in [9.17, 15) is 9.59 Å². The third-order valence-corrected chi connectivity index (χ3v) is 4.97. The number of rotatable bonds is 5. The molecule has 0 aliphatic heterocycles. The van der Waals surface area contributed by atoms with Crippen molar-refractivity contribution < 1.29 is 9.59 Å². The van der Waals surface area contributed by atoms with Crippen molar-refractivity contribution in [2.45, 2.75) is 51.8 Å². The summed E-state index contributed by atoms with van der Waals surface area (Å²) in [6.45, 7) is 6.05. The molecule has 4 nitrogen and oxygen atoms in total. The van der Waals surface area contributed by atoms with Gasteiger partial charge in [-0.3, -0.25) is 9.59 Å². The fourth-order valence-corrected chi connectivity index (χ4v) is 3.09. The van der Waals surface area contributed by atoms with Gasteiger partial charge in [-0.1, -0.05) is 18.9 Å². The van der Waals surface area contributed by atoms with Crippen LogP contribution in [0.15, 0.2) is 18.2 Å². The Hall–Kier alpha value is -1.55. The maximum Gasteiger partial charge on any atom is 0.237 e. The topological polar surface area (TPSA) is 58.2 Å². The van der Waals surface area contributed by atoms with E-state index in [0.717, 1.165) is 36.9 Å². The Morgan fingerprint density at radius 3 is 2.43 bits per heavy atom. The zero-order valence-corrected chi connectivity index (χ0v) is 14.8. The molecule has 2 N–H and O–H groups in total. The minimum Gasteiger partial charge on any atom is -0.354 e. The zero-order chi connectivity index (χ0) is 17.0. The van der Waals surface area contributed by atoms with Crippen LogP contribution in [0.25, 0.3) is 0 Å². The van der Waals surface area contributed by atoms with E-state index >= 15 is 0 Å². The lowest BCUT2D eigenvalue weighted by molar-refractivity contribution is -0.126. The average Bonchev–Trinajstić information content (AvgIpc) is 2.98. The summed E-state index contributed by atoms with van der Waals surface area (Å²) < 4.78 is 0. The molecule has 1 atom stereocenters. The van der Waals surface area contributed by atoms with Crippen molar-refractivity contribution >= 4 is 29.1 Å². The zero-order valence-electron chi connectivity index (χ0n) is 14.0. The molecule has 1 aromatic rings. The molecule has 1 aliphatic rings. The summed E-state index contributed by atoms with van der Waals surface area (Å²) in [4.78, 5) is 24.5. The number of hydrogen-bond acceptors (Lipinski definition) is 2. The smallest absolute Gasteiger partial charge is 0.237 e. The molecule has 1 fully saturated rings. The van der Waals surface area contributed by atoms with Crippen molar-refractivity contribution in [3.05, 3.63) is 29.3 Å². The van der Waals surface area contributed by atoms with E-state index in [1.807, 2.05) is 32.0 Å². The predicted molar refractivity (Wildman–Crippen MR) is 93.8 cm³/mol. The fraction of sp³-hybridized carbons (Fsp3) is 0.556. The molecule has 0 radical (unpaired) electrons. The highest BCUT2D eigenvalue weighted by atomic mass is 35.5. The SMILES string of the molecule is Cc1ccc(NC(=O)C2(CNC(=O)C(C)Cl)CCCC2)cc1C. The van der Waals surface area contributed by atoms with Crippen molar-refractivity contribution in [2.75, 3.05) is 11.9 Å². The van der Waals surface area contributed by atoms with Crippen LogP contribution in [0.4, 0.5) is 5.69 Å². The molecular weight excluding hydrogens is 312 g/mol. The number of amides is 2. The van der Waals surface area contributed by atoms with E-state index in [-0.39, 0.29) is 11.8 Å². The molecule has 1 saturated carbocycles. The third kappa shape index (κ3) is 4.25. The van der Waals surface area contributed by atoms with Crippen LogP contribution < -0.4 is 10.6 Å². The number of carbonyl (C=O) groups excluding carboxylic acids is 2. The van der Waals surface area contributed by atoms with Gasteiger partial charge in [0, 0.05) is 12.2 Å². The molecule has 2 amide bonds. The number of aryl methyl sites for hydroxylation is 2. The Morgan fingerprint density at radius 1 is 1.22 bits per heavy atom. The van der Waals surface area contributed by atoms with E-state index < -0.39 is 10.8 Å². The van der Waals surface area contributed by atoms with Crippen molar-refractivity contribution in [2.24, 2.45) is 5.41 Å². The van der Waals surface area contributed by atoms with Gasteiger partial charge in [0.1, 0.15) is 5.38 Å². The molecule has 1 aromatic carbocycles. The van der Waals surface area contributed by atoms with E-state index in [1.165, 1.54) is 5.56 Å². The Balaban J connectivity index is 2.08. The molecule has 1 unspecified atom stereocenters. The Kier molecular flexibility index (Phi) is 5.69. The summed E-state index contributed by atoms with van der Waals surface area (Å²) in [6.07, 6.45) is 3.60. The first kappa shape index (κ1) is 17.8. The van der Waals surface area contributed by atoms with Gasteiger partial charge in [-0.25, -0.2) is 0 Å². The average molecular weight is 337 g/mol. The minimum atomic E-state index is -0.587. The monoisotopic (exact) mass is 336 g/mol. The van der Waals surface area contributed by atoms with Crippen LogP contribution in [-0.4, -0.2) is 23.7 Å². The quantitative estimate of drug-likeness (QED) is 0.808. The Labute approximate surface area is 143 Å². The first-order chi connectivity index (χ1) is 10.8. The van der Waals surface area contributed by atoms with Gasteiger partial charge in [-0.15, -0.1) is 11.6 Å². The maximum atomic E-state index is 12.8.